The topological polar surface area (TPSA) is 81.2 Å². The predicted molar refractivity (Wildman–Crippen MR) is 117 cm³/mol. The van der Waals surface area contributed by atoms with Gasteiger partial charge in [0.2, 0.25) is 9.84 Å². The maximum absolute atomic E-state index is 13.2. The minimum atomic E-state index is -3.97. The van der Waals surface area contributed by atoms with Crippen molar-refractivity contribution in [2.45, 2.75) is 43.7 Å². The summed E-state index contributed by atoms with van der Waals surface area (Å²) in [5, 5.41) is 3.31. The van der Waals surface area contributed by atoms with Crippen LogP contribution in [0.15, 0.2) is 41.4 Å². The van der Waals surface area contributed by atoms with Crippen LogP contribution in [0.25, 0.3) is 11.0 Å². The van der Waals surface area contributed by atoms with E-state index in [9.17, 15) is 17.2 Å². The smallest absolute Gasteiger partial charge is 0.387 e. The van der Waals surface area contributed by atoms with Crippen molar-refractivity contribution in [2.24, 2.45) is 0 Å². The minimum Gasteiger partial charge on any atom is -0.435 e. The lowest BCUT2D eigenvalue weighted by Gasteiger charge is -2.23. The lowest BCUT2D eigenvalue weighted by molar-refractivity contribution is -0.0498. The lowest BCUT2D eigenvalue weighted by Crippen LogP contribution is -2.28. The molecule has 0 amide bonds. The van der Waals surface area contributed by atoms with E-state index in [1.54, 1.807) is 0 Å². The van der Waals surface area contributed by atoms with Crippen LogP contribution in [-0.4, -0.2) is 30.5 Å². The summed E-state index contributed by atoms with van der Waals surface area (Å²) in [6.45, 7) is 2.60. The van der Waals surface area contributed by atoms with E-state index in [2.05, 4.69) is 20.0 Å². The maximum atomic E-state index is 13.2. The molecule has 0 fully saturated rings. The molecule has 1 heterocycles. The Kier molecular flexibility index (Phi) is 6.59. The van der Waals surface area contributed by atoms with Gasteiger partial charge in [0.05, 0.1) is 26.8 Å². The highest BCUT2D eigenvalue weighted by atomic mass is 35.5. The van der Waals surface area contributed by atoms with E-state index in [4.69, 9.17) is 23.2 Å². The van der Waals surface area contributed by atoms with Gasteiger partial charge < -0.3 is 10.1 Å². The summed E-state index contributed by atoms with van der Waals surface area (Å²) in [5.41, 5.74) is 0.526. The van der Waals surface area contributed by atoms with Crippen LogP contribution in [0, 0.1) is 0 Å². The molecule has 1 aromatic heterocycles. The molecule has 3 aromatic rings. The molecule has 6 nitrogen and oxygen atoms in total. The van der Waals surface area contributed by atoms with Crippen LogP contribution in [0.1, 0.15) is 26.3 Å². The quantitative estimate of drug-likeness (QED) is 0.476. The first-order chi connectivity index (χ1) is 14.3. The molecule has 0 radical (unpaired) electrons. The number of benzene rings is 2. The molecule has 0 aliphatic heterocycles. The predicted octanol–water partition coefficient (Wildman–Crippen LogP) is 5.72. The molecule has 166 valence electrons. The minimum absolute atomic E-state index is 0.0664. The number of sulfone groups is 1. The summed E-state index contributed by atoms with van der Waals surface area (Å²) in [6, 6.07) is 8.31. The Hall–Kier alpha value is -2.23. The molecule has 3 rings (SSSR count). The second-order valence-corrected chi connectivity index (χ2v) is 10.5. The SMILES string of the molecule is CC(C)(C)Nc1nc2cc(Cl)c(Cl)cc2nc1S(=O)(=O)Cc1ccc(OC(F)F)cc1. The molecule has 0 unspecified atom stereocenters. The number of anilines is 1. The molecule has 0 aliphatic rings. The van der Waals surface area contributed by atoms with Gasteiger partial charge in [-0.1, -0.05) is 35.3 Å². The highest BCUT2D eigenvalue weighted by Crippen LogP contribution is 2.31. The third-order valence-electron chi connectivity index (χ3n) is 3.97. The number of hydrogen-bond acceptors (Lipinski definition) is 6. The number of nitrogens with zero attached hydrogens (tertiary/aromatic N) is 2. The average molecular weight is 490 g/mol. The Morgan fingerprint density at radius 2 is 1.58 bits per heavy atom. The van der Waals surface area contributed by atoms with Gasteiger partial charge in [-0.3, -0.25) is 0 Å². The lowest BCUT2D eigenvalue weighted by atomic mass is 10.1. The molecule has 2 aromatic carbocycles. The molecular weight excluding hydrogens is 471 g/mol. The van der Waals surface area contributed by atoms with Crippen molar-refractivity contribution in [3.63, 3.8) is 0 Å². The molecule has 0 bridgehead atoms. The van der Waals surface area contributed by atoms with Crippen molar-refractivity contribution in [3.05, 3.63) is 52.0 Å². The van der Waals surface area contributed by atoms with Crippen LogP contribution in [0.3, 0.4) is 0 Å². The number of ether oxygens (including phenoxy) is 1. The molecule has 1 N–H and O–H groups in total. The molecule has 31 heavy (non-hydrogen) atoms. The van der Waals surface area contributed by atoms with Crippen LogP contribution >= 0.6 is 23.2 Å². The van der Waals surface area contributed by atoms with Crippen LogP contribution in [0.4, 0.5) is 14.6 Å². The summed E-state index contributed by atoms with van der Waals surface area (Å²) in [5.74, 6) is -0.401. The van der Waals surface area contributed by atoms with E-state index in [0.29, 0.717) is 11.1 Å². The number of hydrogen-bond donors (Lipinski definition) is 1. The van der Waals surface area contributed by atoms with E-state index < -0.39 is 27.7 Å². The standard InChI is InChI=1S/C20H19Cl2F2N3O3S/c1-20(2,3)27-17-18(26-16-9-14(22)13(21)8-15(16)25-17)31(28,29)10-11-4-6-12(7-5-11)30-19(23)24/h4-9,19H,10H2,1-3H3,(H,25,27). The van der Waals surface area contributed by atoms with Gasteiger partial charge in [-0.15, -0.1) is 0 Å². The van der Waals surface area contributed by atoms with Crippen LogP contribution in [0.5, 0.6) is 5.75 Å². The van der Waals surface area contributed by atoms with Crippen molar-refractivity contribution in [1.82, 2.24) is 9.97 Å². The zero-order valence-electron chi connectivity index (χ0n) is 16.8. The van der Waals surface area contributed by atoms with Gasteiger partial charge in [-0.05, 0) is 50.6 Å². The number of aromatic nitrogens is 2. The number of rotatable bonds is 6. The first kappa shape index (κ1) is 23.4. The maximum Gasteiger partial charge on any atom is 0.387 e. The van der Waals surface area contributed by atoms with E-state index in [1.807, 2.05) is 20.8 Å². The van der Waals surface area contributed by atoms with Gasteiger partial charge in [-0.2, -0.15) is 8.78 Å². The Bertz CT molecular complexity index is 1220. The third kappa shape index (κ3) is 5.93. The van der Waals surface area contributed by atoms with Gasteiger partial charge in [0.25, 0.3) is 0 Å². The Morgan fingerprint density at radius 3 is 2.10 bits per heavy atom. The monoisotopic (exact) mass is 489 g/mol. The number of halogens is 4. The normalized spacial score (nSPS) is 12.4. The fourth-order valence-electron chi connectivity index (χ4n) is 2.74. The van der Waals surface area contributed by atoms with Gasteiger partial charge in [0, 0.05) is 5.54 Å². The van der Waals surface area contributed by atoms with Gasteiger partial charge >= 0.3 is 6.61 Å². The van der Waals surface area contributed by atoms with Crippen molar-refractivity contribution in [3.8, 4) is 5.75 Å². The van der Waals surface area contributed by atoms with E-state index >= 15 is 0 Å². The van der Waals surface area contributed by atoms with E-state index in [-0.39, 0.29) is 32.2 Å². The van der Waals surface area contributed by atoms with Crippen LogP contribution < -0.4 is 10.1 Å². The summed E-state index contributed by atoms with van der Waals surface area (Å²) < 4.78 is 55.3. The molecule has 0 saturated carbocycles. The third-order valence-corrected chi connectivity index (χ3v) is 6.28. The highest BCUT2D eigenvalue weighted by Gasteiger charge is 2.26. The molecule has 11 heteroatoms. The Labute approximate surface area is 188 Å². The second-order valence-electron chi connectivity index (χ2n) is 7.79. The largest absolute Gasteiger partial charge is 0.435 e. The van der Waals surface area contributed by atoms with Crippen molar-refractivity contribution in [2.75, 3.05) is 5.32 Å². The second kappa shape index (κ2) is 8.72. The Morgan fingerprint density at radius 1 is 1.03 bits per heavy atom. The van der Waals surface area contributed by atoms with E-state index in [0.717, 1.165) is 0 Å². The van der Waals surface area contributed by atoms with Gasteiger partial charge in [0.15, 0.2) is 10.8 Å². The summed E-state index contributed by atoms with van der Waals surface area (Å²) in [4.78, 5) is 8.72. The summed E-state index contributed by atoms with van der Waals surface area (Å²) >= 11 is 12.1. The average Bonchev–Trinajstić information content (AvgIpc) is 2.62. The van der Waals surface area contributed by atoms with Gasteiger partial charge in [-0.25, -0.2) is 18.4 Å². The number of nitrogens with one attached hydrogen (secondary N) is 1. The zero-order valence-corrected chi connectivity index (χ0v) is 19.1. The fraction of sp³-hybridized carbons (Fsp3) is 0.300. The molecule has 0 saturated heterocycles. The Balaban J connectivity index is 2.05. The number of alkyl halides is 2. The first-order valence-corrected chi connectivity index (χ1v) is 11.5. The van der Waals surface area contributed by atoms with Crippen molar-refractivity contribution in [1.29, 1.82) is 0 Å². The summed E-state index contributed by atoms with van der Waals surface area (Å²) in [7, 11) is -3.97. The fourth-order valence-corrected chi connectivity index (χ4v) is 4.46. The number of fused-ring (bicyclic) bond motifs is 1. The first-order valence-electron chi connectivity index (χ1n) is 9.05. The van der Waals surface area contributed by atoms with E-state index in [1.165, 1.54) is 36.4 Å². The van der Waals surface area contributed by atoms with Crippen LogP contribution in [0.2, 0.25) is 10.0 Å². The van der Waals surface area contributed by atoms with Crippen LogP contribution in [-0.2, 0) is 15.6 Å². The summed E-state index contributed by atoms with van der Waals surface area (Å²) in [6.07, 6.45) is 0. The molecule has 0 spiro atoms. The van der Waals surface area contributed by atoms with Crippen molar-refractivity contribution >= 4 is 49.9 Å². The molecular formula is C20H19Cl2F2N3O3S. The molecule has 0 aliphatic carbocycles. The molecule has 0 atom stereocenters. The highest BCUT2D eigenvalue weighted by molar-refractivity contribution is 7.90. The van der Waals surface area contributed by atoms with Gasteiger partial charge in [0.1, 0.15) is 5.75 Å². The van der Waals surface area contributed by atoms with Crippen molar-refractivity contribution < 1.29 is 21.9 Å². The zero-order chi connectivity index (χ0) is 23.0.